The first-order valence-corrected chi connectivity index (χ1v) is 10.7. The molecule has 10 nitrogen and oxygen atoms in total. The molecule has 0 aliphatic carbocycles. The maximum absolute atomic E-state index is 12.2. The first kappa shape index (κ1) is 23.5. The summed E-state index contributed by atoms with van der Waals surface area (Å²) in [6.45, 7) is 5.38. The van der Waals surface area contributed by atoms with Gasteiger partial charge in [0.25, 0.3) is 0 Å². The van der Waals surface area contributed by atoms with Crippen LogP contribution in [0, 0.1) is 5.92 Å². The summed E-state index contributed by atoms with van der Waals surface area (Å²) in [4.78, 5) is 25.4. The van der Waals surface area contributed by atoms with Crippen molar-refractivity contribution in [1.82, 2.24) is 15.0 Å². The average molecular weight is 446 g/mol. The van der Waals surface area contributed by atoms with Crippen LogP contribution in [0.3, 0.4) is 0 Å². The third kappa shape index (κ3) is 6.94. The Morgan fingerprint density at radius 2 is 1.84 bits per heavy atom. The lowest BCUT2D eigenvalue weighted by atomic mass is 10.0. The van der Waals surface area contributed by atoms with Crippen LogP contribution in [0.4, 0.5) is 11.9 Å². The highest BCUT2D eigenvalue weighted by Crippen LogP contribution is 2.23. The molecule has 10 heteroatoms. The summed E-state index contributed by atoms with van der Waals surface area (Å²) < 4.78 is 21.6. The molecular weight excluding hydrogens is 414 g/mol. The highest BCUT2D eigenvalue weighted by molar-refractivity contribution is 5.78. The lowest BCUT2D eigenvalue weighted by molar-refractivity contribution is -0.141. The van der Waals surface area contributed by atoms with Crippen molar-refractivity contribution in [3.05, 3.63) is 24.3 Å². The zero-order valence-corrected chi connectivity index (χ0v) is 19.0. The SMILES string of the molecule is COC(=O)[C@H](CC(C)C)Nc1nc(NCC2CCCO2)nc(Oc2ccc(OC)cc2)n1. The molecule has 1 aromatic heterocycles. The number of carbonyl (C=O) groups excluding carboxylic acids is 1. The van der Waals surface area contributed by atoms with Gasteiger partial charge in [-0.05, 0) is 49.4 Å². The van der Waals surface area contributed by atoms with E-state index in [1.54, 1.807) is 31.4 Å². The van der Waals surface area contributed by atoms with Gasteiger partial charge in [0.05, 0.1) is 20.3 Å². The molecule has 1 unspecified atom stereocenters. The summed E-state index contributed by atoms with van der Waals surface area (Å²) in [5.74, 6) is 1.68. The number of nitrogens with zero attached hydrogens (tertiary/aromatic N) is 3. The van der Waals surface area contributed by atoms with Gasteiger partial charge < -0.3 is 29.6 Å². The molecule has 1 saturated heterocycles. The Bertz CT molecular complexity index is 872. The van der Waals surface area contributed by atoms with Gasteiger partial charge in [0.1, 0.15) is 17.5 Å². The van der Waals surface area contributed by atoms with E-state index in [-0.39, 0.29) is 29.9 Å². The van der Waals surface area contributed by atoms with Crippen molar-refractivity contribution in [2.45, 2.75) is 45.3 Å². The number of aromatic nitrogens is 3. The summed E-state index contributed by atoms with van der Waals surface area (Å²) in [5, 5.41) is 6.25. The van der Waals surface area contributed by atoms with Crippen molar-refractivity contribution in [2.75, 3.05) is 38.0 Å². The number of anilines is 2. The van der Waals surface area contributed by atoms with Gasteiger partial charge in [-0.1, -0.05) is 13.8 Å². The van der Waals surface area contributed by atoms with Crippen molar-refractivity contribution in [3.8, 4) is 17.5 Å². The van der Waals surface area contributed by atoms with Crippen LogP contribution in [0.15, 0.2) is 24.3 Å². The van der Waals surface area contributed by atoms with Crippen molar-refractivity contribution >= 4 is 17.9 Å². The van der Waals surface area contributed by atoms with Crippen LogP contribution in [0.2, 0.25) is 0 Å². The number of rotatable bonds is 11. The van der Waals surface area contributed by atoms with Gasteiger partial charge in [0.2, 0.25) is 11.9 Å². The molecule has 0 radical (unpaired) electrons. The first-order valence-electron chi connectivity index (χ1n) is 10.7. The van der Waals surface area contributed by atoms with E-state index in [2.05, 4.69) is 25.6 Å². The fourth-order valence-electron chi connectivity index (χ4n) is 3.29. The second kappa shape index (κ2) is 11.5. The van der Waals surface area contributed by atoms with Gasteiger partial charge in [-0.15, -0.1) is 0 Å². The molecule has 1 fully saturated rings. The van der Waals surface area contributed by atoms with Crippen LogP contribution in [-0.4, -0.2) is 60.4 Å². The summed E-state index contributed by atoms with van der Waals surface area (Å²) in [7, 11) is 2.96. The fourth-order valence-corrected chi connectivity index (χ4v) is 3.29. The number of benzene rings is 1. The van der Waals surface area contributed by atoms with E-state index in [0.29, 0.717) is 30.4 Å². The van der Waals surface area contributed by atoms with Crippen LogP contribution < -0.4 is 20.1 Å². The third-order valence-electron chi connectivity index (χ3n) is 4.89. The molecule has 2 atom stereocenters. The monoisotopic (exact) mass is 445 g/mol. The van der Waals surface area contributed by atoms with E-state index in [1.807, 2.05) is 13.8 Å². The van der Waals surface area contributed by atoms with Gasteiger partial charge in [0.15, 0.2) is 0 Å². The molecule has 32 heavy (non-hydrogen) atoms. The number of hydrogen-bond acceptors (Lipinski definition) is 10. The minimum Gasteiger partial charge on any atom is -0.497 e. The lowest BCUT2D eigenvalue weighted by Crippen LogP contribution is -2.33. The lowest BCUT2D eigenvalue weighted by Gasteiger charge is -2.19. The van der Waals surface area contributed by atoms with Crippen molar-refractivity contribution in [3.63, 3.8) is 0 Å². The summed E-state index contributed by atoms with van der Waals surface area (Å²) >= 11 is 0. The second-order valence-corrected chi connectivity index (χ2v) is 7.91. The topological polar surface area (TPSA) is 117 Å². The van der Waals surface area contributed by atoms with Crippen molar-refractivity contribution in [2.24, 2.45) is 5.92 Å². The Morgan fingerprint density at radius 1 is 1.12 bits per heavy atom. The fraction of sp³-hybridized carbons (Fsp3) is 0.545. The molecule has 0 bridgehead atoms. The minimum atomic E-state index is -0.595. The molecule has 174 valence electrons. The van der Waals surface area contributed by atoms with E-state index in [9.17, 15) is 4.79 Å². The Kier molecular flexibility index (Phi) is 8.43. The van der Waals surface area contributed by atoms with E-state index in [1.165, 1.54) is 7.11 Å². The standard InChI is InChI=1S/C22H31N5O5/c1-14(2)12-18(19(28)30-4)24-21-25-20(23-13-17-6-5-11-31-17)26-22(27-21)32-16-9-7-15(29-3)8-10-16/h7-10,14,17-18H,5-6,11-13H2,1-4H3,(H2,23,24,25,26,27)/t17?,18-/m0/s1. The second-order valence-electron chi connectivity index (χ2n) is 7.91. The molecule has 0 saturated carbocycles. The molecular formula is C22H31N5O5. The minimum absolute atomic E-state index is 0.0932. The number of methoxy groups -OCH3 is 2. The van der Waals surface area contributed by atoms with Crippen LogP contribution in [-0.2, 0) is 14.3 Å². The highest BCUT2D eigenvalue weighted by atomic mass is 16.5. The van der Waals surface area contributed by atoms with Gasteiger partial charge in [-0.3, -0.25) is 0 Å². The first-order chi connectivity index (χ1) is 15.5. The number of ether oxygens (including phenoxy) is 4. The average Bonchev–Trinajstić information content (AvgIpc) is 3.30. The van der Waals surface area contributed by atoms with E-state index < -0.39 is 6.04 Å². The van der Waals surface area contributed by atoms with Gasteiger partial charge in [0, 0.05) is 13.2 Å². The number of nitrogens with one attached hydrogen (secondary N) is 2. The van der Waals surface area contributed by atoms with Crippen LogP contribution in [0.1, 0.15) is 33.1 Å². The number of hydrogen-bond donors (Lipinski definition) is 2. The molecule has 3 rings (SSSR count). The zero-order chi connectivity index (χ0) is 22.9. The number of esters is 1. The normalized spacial score (nSPS) is 16.5. The summed E-state index contributed by atoms with van der Waals surface area (Å²) in [6, 6.07) is 6.57. The van der Waals surface area contributed by atoms with Gasteiger partial charge >= 0.3 is 12.0 Å². The van der Waals surface area contributed by atoms with E-state index in [4.69, 9.17) is 18.9 Å². The number of carbonyl (C=O) groups is 1. The van der Waals surface area contributed by atoms with Crippen molar-refractivity contribution in [1.29, 1.82) is 0 Å². The highest BCUT2D eigenvalue weighted by Gasteiger charge is 2.23. The Morgan fingerprint density at radius 3 is 2.47 bits per heavy atom. The summed E-state index contributed by atoms with van der Waals surface area (Å²) in [6.07, 6.45) is 2.69. The predicted octanol–water partition coefficient (Wildman–Crippen LogP) is 3.26. The predicted molar refractivity (Wildman–Crippen MR) is 119 cm³/mol. The van der Waals surface area contributed by atoms with Crippen molar-refractivity contribution < 1.29 is 23.7 Å². The third-order valence-corrected chi connectivity index (χ3v) is 4.89. The van der Waals surface area contributed by atoms with Crippen LogP contribution in [0.25, 0.3) is 0 Å². The Hall–Kier alpha value is -3.14. The largest absolute Gasteiger partial charge is 0.497 e. The Labute approximate surface area is 188 Å². The smallest absolute Gasteiger partial charge is 0.328 e. The Balaban J connectivity index is 1.81. The van der Waals surface area contributed by atoms with Crippen LogP contribution >= 0.6 is 0 Å². The molecule has 0 amide bonds. The quantitative estimate of drug-likeness (QED) is 0.499. The van der Waals surface area contributed by atoms with Gasteiger partial charge in [-0.2, -0.15) is 15.0 Å². The maximum atomic E-state index is 12.2. The molecule has 1 aromatic carbocycles. The van der Waals surface area contributed by atoms with E-state index >= 15 is 0 Å². The van der Waals surface area contributed by atoms with E-state index in [0.717, 1.165) is 19.4 Å². The molecule has 0 spiro atoms. The molecule has 2 heterocycles. The zero-order valence-electron chi connectivity index (χ0n) is 19.0. The molecule has 2 aromatic rings. The molecule has 2 N–H and O–H groups in total. The molecule has 1 aliphatic rings. The summed E-state index contributed by atoms with van der Waals surface area (Å²) in [5.41, 5.74) is 0. The molecule has 1 aliphatic heterocycles. The maximum Gasteiger partial charge on any atom is 0.328 e. The van der Waals surface area contributed by atoms with Gasteiger partial charge in [-0.25, -0.2) is 4.79 Å². The van der Waals surface area contributed by atoms with Crippen LogP contribution in [0.5, 0.6) is 17.5 Å².